The molecule has 0 spiro atoms. The molecule has 0 aliphatic heterocycles. The molecule has 106 valence electrons. The average Bonchev–Trinajstić information content (AvgIpc) is 2.32. The van der Waals surface area contributed by atoms with Crippen molar-refractivity contribution in [1.29, 1.82) is 0 Å². The molecule has 1 aromatic rings. The summed E-state index contributed by atoms with van der Waals surface area (Å²) in [4.78, 5) is -0.00572. The van der Waals surface area contributed by atoms with E-state index in [9.17, 15) is 4.39 Å². The maximum Gasteiger partial charge on any atom is 0.137 e. The third-order valence-electron chi connectivity index (χ3n) is 2.55. The molecule has 0 atom stereocenters. The van der Waals surface area contributed by atoms with Crippen LogP contribution in [0.15, 0.2) is 18.2 Å². The molecule has 0 saturated carbocycles. The van der Waals surface area contributed by atoms with E-state index in [4.69, 9.17) is 27.4 Å². The second-order valence-corrected chi connectivity index (χ2v) is 5.06. The molecule has 1 aromatic carbocycles. The Kier molecular flexibility index (Phi) is 6.73. The van der Waals surface area contributed by atoms with Gasteiger partial charge >= 0.3 is 0 Å². The van der Waals surface area contributed by atoms with E-state index in [0.29, 0.717) is 31.5 Å². The van der Waals surface area contributed by atoms with Crippen LogP contribution in [0.4, 0.5) is 4.39 Å². The van der Waals surface area contributed by atoms with Gasteiger partial charge in [-0.05, 0) is 24.5 Å². The second-order valence-electron chi connectivity index (χ2n) is 4.62. The van der Waals surface area contributed by atoms with E-state index in [-0.39, 0.29) is 10.6 Å². The number of rotatable bonds is 8. The van der Waals surface area contributed by atoms with Crippen LogP contribution in [0.1, 0.15) is 25.8 Å². The van der Waals surface area contributed by atoms with E-state index < -0.39 is 5.82 Å². The van der Waals surface area contributed by atoms with Crippen molar-refractivity contribution < 1.29 is 13.9 Å². The number of halogens is 1. The van der Waals surface area contributed by atoms with E-state index in [1.807, 2.05) is 0 Å². The lowest BCUT2D eigenvalue weighted by molar-refractivity contribution is 0.0924. The quantitative estimate of drug-likeness (QED) is 0.589. The zero-order chi connectivity index (χ0) is 14.3. The Labute approximate surface area is 118 Å². The molecule has 0 saturated heterocycles. The summed E-state index contributed by atoms with van der Waals surface area (Å²) in [6, 6.07) is 4.51. The number of nitrogens with two attached hydrogens (primary N) is 1. The fraction of sp³-hybridized carbons (Fsp3) is 0.500. The van der Waals surface area contributed by atoms with Crippen molar-refractivity contribution in [3.8, 4) is 5.75 Å². The van der Waals surface area contributed by atoms with Crippen LogP contribution in [0.25, 0.3) is 0 Å². The highest BCUT2D eigenvalue weighted by molar-refractivity contribution is 7.80. The van der Waals surface area contributed by atoms with E-state index in [1.165, 1.54) is 6.07 Å². The second kappa shape index (κ2) is 8.07. The van der Waals surface area contributed by atoms with E-state index in [0.717, 1.165) is 6.42 Å². The fourth-order valence-electron chi connectivity index (χ4n) is 1.50. The average molecular weight is 285 g/mol. The monoisotopic (exact) mass is 285 g/mol. The largest absolute Gasteiger partial charge is 0.490 e. The Morgan fingerprint density at radius 2 is 2.05 bits per heavy atom. The van der Waals surface area contributed by atoms with Crippen molar-refractivity contribution in [1.82, 2.24) is 0 Å². The van der Waals surface area contributed by atoms with Crippen LogP contribution in [-0.2, 0) is 4.74 Å². The standard InChI is InChI=1S/C14H20FNO2S/c1-10(2)6-7-17-8-9-18-12-5-3-4-11(15)13(12)14(16)19/h3-5,10H,6-9H2,1-2H3,(H2,16,19). The van der Waals surface area contributed by atoms with Gasteiger partial charge in [0.2, 0.25) is 0 Å². The molecule has 0 radical (unpaired) electrons. The van der Waals surface area contributed by atoms with Crippen molar-refractivity contribution in [3.63, 3.8) is 0 Å². The van der Waals surface area contributed by atoms with Gasteiger partial charge in [-0.15, -0.1) is 0 Å². The van der Waals surface area contributed by atoms with Crippen LogP contribution in [0, 0.1) is 11.7 Å². The molecule has 0 aromatic heterocycles. The smallest absolute Gasteiger partial charge is 0.137 e. The van der Waals surface area contributed by atoms with Gasteiger partial charge in [-0.2, -0.15) is 0 Å². The first-order valence-corrected chi connectivity index (χ1v) is 6.72. The topological polar surface area (TPSA) is 44.5 Å². The van der Waals surface area contributed by atoms with Gasteiger partial charge in [0, 0.05) is 6.61 Å². The Bertz CT molecular complexity index is 424. The molecule has 0 unspecified atom stereocenters. The van der Waals surface area contributed by atoms with Gasteiger partial charge < -0.3 is 15.2 Å². The molecule has 19 heavy (non-hydrogen) atoms. The van der Waals surface area contributed by atoms with Crippen LogP contribution < -0.4 is 10.5 Å². The summed E-state index contributed by atoms with van der Waals surface area (Å²) >= 11 is 4.81. The van der Waals surface area contributed by atoms with Gasteiger partial charge in [0.1, 0.15) is 23.2 Å². The number of hydrogen-bond acceptors (Lipinski definition) is 3. The van der Waals surface area contributed by atoms with Gasteiger partial charge in [0.05, 0.1) is 12.2 Å². The van der Waals surface area contributed by atoms with Gasteiger partial charge in [0.25, 0.3) is 0 Å². The maximum absolute atomic E-state index is 13.5. The molecule has 1 rings (SSSR count). The third-order valence-corrected chi connectivity index (χ3v) is 2.75. The van der Waals surface area contributed by atoms with E-state index in [1.54, 1.807) is 12.1 Å². The van der Waals surface area contributed by atoms with Crippen LogP contribution in [0.2, 0.25) is 0 Å². The number of thiocarbonyl (C=S) groups is 1. The summed E-state index contributed by atoms with van der Waals surface area (Å²) in [6.45, 7) is 5.78. The number of hydrogen-bond donors (Lipinski definition) is 1. The summed E-state index contributed by atoms with van der Waals surface area (Å²) in [5.41, 5.74) is 5.63. The zero-order valence-corrected chi connectivity index (χ0v) is 12.1. The SMILES string of the molecule is CC(C)CCOCCOc1cccc(F)c1C(N)=S. The Hall–Kier alpha value is -1.20. The minimum absolute atomic E-state index is 0.00572. The van der Waals surface area contributed by atoms with Gasteiger partial charge in [-0.3, -0.25) is 0 Å². The van der Waals surface area contributed by atoms with Crippen LogP contribution in [0.3, 0.4) is 0 Å². The molecule has 3 nitrogen and oxygen atoms in total. The summed E-state index contributed by atoms with van der Waals surface area (Å²) in [5, 5.41) is 0. The lowest BCUT2D eigenvalue weighted by Gasteiger charge is -2.12. The van der Waals surface area contributed by atoms with Crippen molar-refractivity contribution in [2.45, 2.75) is 20.3 Å². The molecular weight excluding hydrogens is 265 g/mol. The van der Waals surface area contributed by atoms with Crippen LogP contribution >= 0.6 is 12.2 Å². The van der Waals surface area contributed by atoms with Crippen molar-refractivity contribution >= 4 is 17.2 Å². The first kappa shape index (κ1) is 15.9. The maximum atomic E-state index is 13.5. The highest BCUT2D eigenvalue weighted by Gasteiger charge is 2.11. The normalized spacial score (nSPS) is 10.7. The van der Waals surface area contributed by atoms with Crippen molar-refractivity contribution in [3.05, 3.63) is 29.6 Å². The summed E-state index contributed by atoms with van der Waals surface area (Å²) in [6.07, 6.45) is 1.01. The zero-order valence-electron chi connectivity index (χ0n) is 11.3. The lowest BCUT2D eigenvalue weighted by atomic mass is 10.1. The predicted octanol–water partition coefficient (Wildman–Crippen LogP) is 2.90. The van der Waals surface area contributed by atoms with Gasteiger partial charge in [-0.1, -0.05) is 32.1 Å². The molecule has 0 fully saturated rings. The Balaban J connectivity index is 2.41. The molecule has 0 bridgehead atoms. The highest BCUT2D eigenvalue weighted by atomic mass is 32.1. The molecule has 0 aliphatic carbocycles. The van der Waals surface area contributed by atoms with Crippen LogP contribution in [0.5, 0.6) is 5.75 Å². The Morgan fingerprint density at radius 1 is 1.32 bits per heavy atom. The summed E-state index contributed by atoms with van der Waals surface area (Å²) < 4.78 is 24.4. The van der Waals surface area contributed by atoms with Gasteiger partial charge in [0.15, 0.2) is 0 Å². The molecule has 0 aliphatic rings. The third kappa shape index (κ3) is 5.53. The first-order valence-electron chi connectivity index (χ1n) is 6.31. The summed E-state index contributed by atoms with van der Waals surface area (Å²) in [7, 11) is 0. The Morgan fingerprint density at radius 3 is 2.68 bits per heavy atom. The molecule has 0 heterocycles. The van der Waals surface area contributed by atoms with Crippen molar-refractivity contribution in [2.75, 3.05) is 19.8 Å². The minimum Gasteiger partial charge on any atom is -0.490 e. The number of benzene rings is 1. The lowest BCUT2D eigenvalue weighted by Crippen LogP contribution is -2.16. The highest BCUT2D eigenvalue weighted by Crippen LogP contribution is 2.21. The molecular formula is C14H20FNO2S. The van der Waals surface area contributed by atoms with Gasteiger partial charge in [-0.25, -0.2) is 4.39 Å². The first-order chi connectivity index (χ1) is 9.02. The van der Waals surface area contributed by atoms with Crippen molar-refractivity contribution in [2.24, 2.45) is 11.7 Å². The molecule has 0 amide bonds. The van der Waals surface area contributed by atoms with E-state index in [2.05, 4.69) is 13.8 Å². The number of ether oxygens (including phenoxy) is 2. The molecule has 5 heteroatoms. The fourth-order valence-corrected chi connectivity index (χ4v) is 1.69. The van der Waals surface area contributed by atoms with E-state index >= 15 is 0 Å². The predicted molar refractivity (Wildman–Crippen MR) is 78.1 cm³/mol. The minimum atomic E-state index is -0.467. The molecule has 2 N–H and O–H groups in total. The van der Waals surface area contributed by atoms with Crippen LogP contribution in [-0.4, -0.2) is 24.8 Å². The summed E-state index contributed by atoms with van der Waals surface area (Å²) in [5.74, 6) is 0.510.